The van der Waals surface area contributed by atoms with Crippen molar-refractivity contribution in [1.82, 2.24) is 0 Å². The predicted octanol–water partition coefficient (Wildman–Crippen LogP) is 4.92. The fraction of sp³-hybridized carbons (Fsp3) is 0.0952. The van der Waals surface area contributed by atoms with E-state index < -0.39 is 0 Å². The molecule has 0 saturated carbocycles. The van der Waals surface area contributed by atoms with Crippen LogP contribution in [-0.4, -0.2) is 11.0 Å². The van der Waals surface area contributed by atoms with Gasteiger partial charge in [0.2, 0.25) is 0 Å². The molecule has 0 unspecified atom stereocenters. The van der Waals surface area contributed by atoms with Gasteiger partial charge in [-0.15, -0.1) is 0 Å². The van der Waals surface area contributed by atoms with Crippen molar-refractivity contribution in [2.75, 3.05) is 4.90 Å². The van der Waals surface area contributed by atoms with Crippen molar-refractivity contribution in [3.63, 3.8) is 0 Å². The third-order valence-electron chi connectivity index (χ3n) is 4.62. The Balaban J connectivity index is 1.92. The zero-order valence-corrected chi connectivity index (χ0v) is 13.6. The van der Waals surface area contributed by atoms with E-state index in [4.69, 9.17) is 0 Å². The second-order valence-electron chi connectivity index (χ2n) is 6.15. The molecule has 3 aromatic rings. The third-order valence-corrected chi connectivity index (χ3v) is 4.62. The summed E-state index contributed by atoms with van der Waals surface area (Å²) in [6.45, 7) is 1.92. The zero-order valence-electron chi connectivity index (χ0n) is 13.6. The summed E-state index contributed by atoms with van der Waals surface area (Å²) in [7, 11) is 0. The van der Waals surface area contributed by atoms with Gasteiger partial charge < -0.3 is 10.0 Å². The first-order valence-electron chi connectivity index (χ1n) is 8.07. The molecule has 0 aliphatic carbocycles. The van der Waals surface area contributed by atoms with E-state index >= 15 is 0 Å². The number of carbonyl (C=O) groups excluding carboxylic acids is 1. The van der Waals surface area contributed by atoms with Gasteiger partial charge in [-0.25, -0.2) is 4.39 Å². The lowest BCUT2D eigenvalue weighted by Gasteiger charge is -2.37. The minimum atomic E-state index is -0.390. The van der Waals surface area contributed by atoms with Crippen molar-refractivity contribution in [1.29, 1.82) is 0 Å². The molecule has 0 bridgehead atoms. The van der Waals surface area contributed by atoms with Gasteiger partial charge in [0.1, 0.15) is 11.6 Å². The van der Waals surface area contributed by atoms with Crippen molar-refractivity contribution in [3.8, 4) is 16.9 Å². The van der Waals surface area contributed by atoms with Crippen LogP contribution in [0.3, 0.4) is 0 Å². The van der Waals surface area contributed by atoms with Crippen LogP contribution >= 0.6 is 0 Å². The third kappa shape index (κ3) is 2.47. The number of aromatic hydroxyl groups is 1. The highest BCUT2D eigenvalue weighted by molar-refractivity contribution is 6.10. The van der Waals surface area contributed by atoms with Crippen LogP contribution in [0.25, 0.3) is 11.1 Å². The van der Waals surface area contributed by atoms with Crippen molar-refractivity contribution >= 4 is 11.6 Å². The van der Waals surface area contributed by atoms with Crippen molar-refractivity contribution in [2.45, 2.75) is 13.0 Å². The number of phenolic OH excluding ortho intramolecular Hbond substituents is 1. The highest BCUT2D eigenvalue weighted by Gasteiger charge is 2.33. The minimum absolute atomic E-state index is 0.0235. The van der Waals surface area contributed by atoms with Gasteiger partial charge in [0.25, 0.3) is 5.91 Å². The smallest absolute Gasteiger partial charge is 0.258 e. The summed E-state index contributed by atoms with van der Waals surface area (Å²) in [4.78, 5) is 14.7. The lowest BCUT2D eigenvalue weighted by molar-refractivity contribution is 0.0977. The van der Waals surface area contributed by atoms with Gasteiger partial charge >= 0.3 is 0 Å². The van der Waals surface area contributed by atoms with Crippen LogP contribution < -0.4 is 4.90 Å². The van der Waals surface area contributed by atoms with E-state index in [0.717, 1.165) is 16.7 Å². The molecule has 124 valence electrons. The van der Waals surface area contributed by atoms with E-state index in [9.17, 15) is 14.3 Å². The average molecular weight is 333 g/mol. The Morgan fingerprint density at radius 3 is 2.60 bits per heavy atom. The molecule has 0 aromatic heterocycles. The molecule has 3 aromatic carbocycles. The Kier molecular flexibility index (Phi) is 3.53. The Morgan fingerprint density at radius 2 is 1.80 bits per heavy atom. The molecular formula is C21H16FNO2. The summed E-state index contributed by atoms with van der Waals surface area (Å²) in [5.41, 5.74) is 3.74. The highest BCUT2D eigenvalue weighted by Crippen LogP contribution is 2.45. The quantitative estimate of drug-likeness (QED) is 0.687. The summed E-state index contributed by atoms with van der Waals surface area (Å²) in [5, 5.41) is 9.69. The molecule has 0 saturated heterocycles. The number of rotatable bonds is 1. The van der Waals surface area contributed by atoms with Crippen molar-refractivity contribution < 1.29 is 14.3 Å². The second-order valence-corrected chi connectivity index (χ2v) is 6.15. The van der Waals surface area contributed by atoms with Gasteiger partial charge in [0, 0.05) is 11.1 Å². The number of carbonyl (C=O) groups is 1. The first kappa shape index (κ1) is 15.4. The standard InChI is InChI=1S/C21H16FNO2/c1-13-17-7-2-3-8-18(17)19-10-9-15(22)12-20(19)23(13)21(25)14-5-4-6-16(24)11-14/h2-13,24H,1H3/t13-/m1/s1. The maximum atomic E-state index is 13.9. The number of halogens is 1. The molecule has 3 nitrogen and oxygen atoms in total. The molecule has 4 rings (SSSR count). The minimum Gasteiger partial charge on any atom is -0.508 e. The molecule has 1 atom stereocenters. The first-order valence-corrected chi connectivity index (χ1v) is 8.07. The van der Waals surface area contributed by atoms with E-state index in [2.05, 4.69) is 0 Å². The van der Waals surface area contributed by atoms with E-state index in [-0.39, 0.29) is 23.5 Å². The summed E-state index contributed by atoms with van der Waals surface area (Å²) in [6.07, 6.45) is 0. The summed E-state index contributed by atoms with van der Waals surface area (Å²) in [6, 6.07) is 18.3. The predicted molar refractivity (Wildman–Crippen MR) is 95.2 cm³/mol. The number of benzene rings is 3. The van der Waals surface area contributed by atoms with Crippen LogP contribution in [0, 0.1) is 5.82 Å². The number of hydrogen-bond donors (Lipinski definition) is 1. The number of nitrogens with zero attached hydrogens (tertiary/aromatic N) is 1. The Labute approximate surface area is 145 Å². The number of anilines is 1. The SMILES string of the molecule is C[C@@H]1c2ccccc2-c2ccc(F)cc2N1C(=O)c1cccc(O)c1. The molecule has 1 amide bonds. The molecule has 0 spiro atoms. The molecule has 1 heterocycles. The Bertz CT molecular complexity index is 983. The largest absolute Gasteiger partial charge is 0.508 e. The number of fused-ring (bicyclic) bond motifs is 3. The van der Waals surface area contributed by atoms with Crippen molar-refractivity contribution in [2.24, 2.45) is 0 Å². The molecule has 0 radical (unpaired) electrons. The van der Waals surface area contributed by atoms with Crippen molar-refractivity contribution in [3.05, 3.63) is 83.7 Å². The summed E-state index contributed by atoms with van der Waals surface area (Å²) < 4.78 is 13.9. The normalized spacial score (nSPS) is 15.4. The molecule has 1 aliphatic heterocycles. The van der Waals surface area contributed by atoms with E-state index in [1.54, 1.807) is 23.1 Å². The Morgan fingerprint density at radius 1 is 1.00 bits per heavy atom. The van der Waals surface area contributed by atoms with Crippen LogP contribution in [0.1, 0.15) is 28.9 Å². The van der Waals surface area contributed by atoms with Gasteiger partial charge in [0.05, 0.1) is 11.7 Å². The van der Waals surface area contributed by atoms with Crippen LogP contribution in [0.5, 0.6) is 5.75 Å². The van der Waals surface area contributed by atoms with Gasteiger partial charge in [-0.05, 0) is 54.4 Å². The van der Waals surface area contributed by atoms with E-state index in [0.29, 0.717) is 11.3 Å². The lowest BCUT2D eigenvalue weighted by atomic mass is 9.88. The zero-order chi connectivity index (χ0) is 17.6. The van der Waals surface area contributed by atoms with Gasteiger partial charge in [0.15, 0.2) is 0 Å². The first-order chi connectivity index (χ1) is 12.1. The fourth-order valence-electron chi connectivity index (χ4n) is 3.45. The van der Waals surface area contributed by atoms with Crippen LogP contribution in [-0.2, 0) is 0 Å². The topological polar surface area (TPSA) is 40.5 Å². The summed E-state index contributed by atoms with van der Waals surface area (Å²) >= 11 is 0. The number of amides is 1. The molecular weight excluding hydrogens is 317 g/mol. The molecule has 0 fully saturated rings. The van der Waals surface area contributed by atoms with Crippen LogP contribution in [0.15, 0.2) is 66.7 Å². The highest BCUT2D eigenvalue weighted by atomic mass is 19.1. The Hall–Kier alpha value is -3.14. The number of phenols is 1. The fourth-order valence-corrected chi connectivity index (χ4v) is 3.45. The second kappa shape index (κ2) is 5.74. The maximum Gasteiger partial charge on any atom is 0.258 e. The molecule has 4 heteroatoms. The summed E-state index contributed by atoms with van der Waals surface area (Å²) in [5.74, 6) is -0.640. The number of hydrogen-bond acceptors (Lipinski definition) is 2. The lowest BCUT2D eigenvalue weighted by Crippen LogP contribution is -2.36. The van der Waals surface area contributed by atoms with Crippen LogP contribution in [0.2, 0.25) is 0 Å². The van der Waals surface area contributed by atoms with Gasteiger partial charge in [-0.2, -0.15) is 0 Å². The average Bonchev–Trinajstić information content (AvgIpc) is 2.61. The van der Waals surface area contributed by atoms with E-state index in [1.807, 2.05) is 31.2 Å². The van der Waals surface area contributed by atoms with Crippen LogP contribution in [0.4, 0.5) is 10.1 Å². The van der Waals surface area contributed by atoms with Gasteiger partial charge in [-0.1, -0.05) is 30.3 Å². The molecule has 25 heavy (non-hydrogen) atoms. The monoisotopic (exact) mass is 333 g/mol. The van der Waals surface area contributed by atoms with Gasteiger partial charge in [-0.3, -0.25) is 4.79 Å². The maximum absolute atomic E-state index is 13.9. The molecule has 1 N–H and O–H groups in total. The van der Waals surface area contributed by atoms with E-state index in [1.165, 1.54) is 24.3 Å². The molecule has 1 aliphatic rings.